The van der Waals surface area contributed by atoms with Gasteiger partial charge in [0.2, 0.25) is 0 Å². The molecule has 0 radical (unpaired) electrons. The van der Waals surface area contributed by atoms with Crippen LogP contribution in [0.15, 0.2) is 0 Å². The second kappa shape index (κ2) is 6.35. The van der Waals surface area contributed by atoms with Crippen molar-refractivity contribution in [1.82, 2.24) is 0 Å². The van der Waals surface area contributed by atoms with Crippen LogP contribution in [0.25, 0.3) is 0 Å². The van der Waals surface area contributed by atoms with E-state index in [0.29, 0.717) is 27.9 Å². The third-order valence-corrected chi connectivity index (χ3v) is 12.3. The summed E-state index contributed by atoms with van der Waals surface area (Å²) in [6.45, 7) is 15.2. The van der Waals surface area contributed by atoms with Gasteiger partial charge in [0.15, 0.2) is 0 Å². The van der Waals surface area contributed by atoms with Gasteiger partial charge in [-0.15, -0.1) is 0 Å². The molecule has 5 aliphatic carbocycles. The van der Waals surface area contributed by atoms with Gasteiger partial charge in [-0.05, 0) is 115 Å². The number of hydrogen-bond donors (Lipinski definition) is 0. The maximum Gasteiger partial charge on any atom is 0.136 e. The van der Waals surface area contributed by atoms with Gasteiger partial charge >= 0.3 is 0 Å². The highest BCUT2D eigenvalue weighted by atomic mass is 16.1. The molecule has 5 saturated carbocycles. The number of rotatable bonds is 0. The van der Waals surface area contributed by atoms with E-state index in [-0.39, 0.29) is 5.41 Å². The highest BCUT2D eigenvalue weighted by Crippen LogP contribution is 2.71. The number of Topliss-reactive ketones (excluding diaryl/α,β-unsaturated/α-hetero) is 1. The molecule has 1 heteroatoms. The molecule has 0 heterocycles. The van der Waals surface area contributed by atoms with Crippen LogP contribution in [0.2, 0.25) is 0 Å². The highest BCUT2D eigenvalue weighted by Gasteiger charge is 2.63. The minimum absolute atomic E-state index is 0.287. The van der Waals surface area contributed by atoms with Gasteiger partial charge in [-0.25, -0.2) is 0 Å². The molecular weight excluding hydrogens is 352 g/mol. The molecule has 5 fully saturated rings. The lowest BCUT2D eigenvalue weighted by atomic mass is 9.37. The minimum Gasteiger partial charge on any atom is -0.299 e. The van der Waals surface area contributed by atoms with E-state index in [9.17, 15) is 4.79 Å². The van der Waals surface area contributed by atoms with E-state index in [2.05, 4.69) is 41.5 Å². The van der Waals surface area contributed by atoms with Crippen molar-refractivity contribution in [3.63, 3.8) is 0 Å². The average molecular weight is 399 g/mol. The van der Waals surface area contributed by atoms with Crippen molar-refractivity contribution >= 4 is 5.78 Å². The fourth-order valence-corrected chi connectivity index (χ4v) is 10.1. The molecule has 0 aliphatic heterocycles. The maximum absolute atomic E-state index is 12.6. The summed E-state index contributed by atoms with van der Waals surface area (Å²) in [5.41, 5.74) is 2.01. The molecule has 5 rings (SSSR count). The van der Waals surface area contributed by atoms with Gasteiger partial charge in [0.25, 0.3) is 0 Å². The fourth-order valence-electron chi connectivity index (χ4n) is 10.1. The molecular formula is C28H46O. The Balaban J connectivity index is 1.45. The Morgan fingerprint density at radius 2 is 1.38 bits per heavy atom. The molecule has 29 heavy (non-hydrogen) atoms. The van der Waals surface area contributed by atoms with Gasteiger partial charge < -0.3 is 0 Å². The van der Waals surface area contributed by atoms with Crippen molar-refractivity contribution < 1.29 is 4.79 Å². The SMILES string of the molecule is CC1C(=O)CCC2C3CCC4C5CC(C)(C)CCC5(C)CCC4(C)C3CCC12C. The highest BCUT2D eigenvalue weighted by molar-refractivity contribution is 5.82. The van der Waals surface area contributed by atoms with E-state index in [1.54, 1.807) is 0 Å². The summed E-state index contributed by atoms with van der Waals surface area (Å²) in [6.07, 6.45) is 15.0. The van der Waals surface area contributed by atoms with Crippen molar-refractivity contribution in [3.05, 3.63) is 0 Å². The molecule has 0 amide bonds. The number of carbonyl (C=O) groups excluding carboxylic acids is 1. The van der Waals surface area contributed by atoms with Gasteiger partial charge in [-0.3, -0.25) is 4.79 Å². The lowest BCUT2D eigenvalue weighted by Crippen LogP contribution is -2.60. The lowest BCUT2D eigenvalue weighted by molar-refractivity contribution is -0.186. The Bertz CT molecular complexity index is 692. The van der Waals surface area contributed by atoms with Crippen molar-refractivity contribution in [2.45, 2.75) is 112 Å². The summed E-state index contributed by atoms with van der Waals surface area (Å²) < 4.78 is 0. The summed E-state index contributed by atoms with van der Waals surface area (Å²) >= 11 is 0. The standard InChI is InChI=1S/C28H46O/c1-18-24(29)10-9-20-19-7-8-22-23-17-25(2,3)13-14-26(23,4)15-16-28(22,6)21(19)11-12-27(18,20)5/h18-23H,7-17H2,1-6H3. The first-order valence-corrected chi connectivity index (χ1v) is 13.0. The number of hydrogen-bond acceptors (Lipinski definition) is 1. The third-order valence-electron chi connectivity index (χ3n) is 12.3. The van der Waals surface area contributed by atoms with Crippen LogP contribution in [0.5, 0.6) is 0 Å². The van der Waals surface area contributed by atoms with Gasteiger partial charge in [-0.2, -0.15) is 0 Å². The normalized spacial score (nSPS) is 56.6. The summed E-state index contributed by atoms with van der Waals surface area (Å²) in [6, 6.07) is 0. The smallest absolute Gasteiger partial charge is 0.136 e. The second-order valence-corrected chi connectivity index (χ2v) is 14.0. The number of fused-ring (bicyclic) bond motifs is 7. The molecule has 5 aliphatic rings. The van der Waals surface area contributed by atoms with Crippen LogP contribution in [0, 0.1) is 57.2 Å². The van der Waals surface area contributed by atoms with E-state index in [1.807, 2.05) is 0 Å². The van der Waals surface area contributed by atoms with E-state index in [1.165, 1.54) is 64.2 Å². The Hall–Kier alpha value is -0.330. The van der Waals surface area contributed by atoms with Crippen LogP contribution >= 0.6 is 0 Å². The summed E-state index contributed by atoms with van der Waals surface area (Å²) in [7, 11) is 0. The first-order valence-electron chi connectivity index (χ1n) is 13.0. The Morgan fingerprint density at radius 1 is 0.690 bits per heavy atom. The zero-order valence-corrected chi connectivity index (χ0v) is 20.2. The number of ketones is 1. The van der Waals surface area contributed by atoms with Crippen molar-refractivity contribution in [3.8, 4) is 0 Å². The first-order chi connectivity index (χ1) is 13.5. The van der Waals surface area contributed by atoms with Crippen LogP contribution in [0.4, 0.5) is 0 Å². The predicted octanol–water partition coefficient (Wildman–Crippen LogP) is 7.68. The third kappa shape index (κ3) is 2.80. The average Bonchev–Trinajstić information content (AvgIpc) is 2.66. The van der Waals surface area contributed by atoms with Crippen molar-refractivity contribution in [2.75, 3.05) is 0 Å². The van der Waals surface area contributed by atoms with E-state index >= 15 is 0 Å². The van der Waals surface area contributed by atoms with E-state index in [4.69, 9.17) is 0 Å². The molecule has 0 saturated heterocycles. The van der Waals surface area contributed by atoms with E-state index in [0.717, 1.165) is 36.0 Å². The molecule has 164 valence electrons. The zero-order valence-electron chi connectivity index (χ0n) is 20.2. The fraction of sp³-hybridized carbons (Fsp3) is 0.964. The van der Waals surface area contributed by atoms with Crippen LogP contribution in [0.3, 0.4) is 0 Å². The van der Waals surface area contributed by atoms with Crippen molar-refractivity contribution in [1.29, 1.82) is 0 Å². The Morgan fingerprint density at radius 3 is 2.14 bits per heavy atom. The van der Waals surface area contributed by atoms with Crippen LogP contribution in [-0.4, -0.2) is 5.78 Å². The van der Waals surface area contributed by atoms with E-state index < -0.39 is 0 Å². The van der Waals surface area contributed by atoms with Crippen LogP contribution in [0.1, 0.15) is 112 Å². The summed E-state index contributed by atoms with van der Waals surface area (Å²) in [4.78, 5) is 12.6. The molecule has 1 nitrogen and oxygen atoms in total. The molecule has 0 aromatic rings. The largest absolute Gasteiger partial charge is 0.299 e. The van der Waals surface area contributed by atoms with Crippen molar-refractivity contribution in [2.24, 2.45) is 57.2 Å². The summed E-state index contributed by atoms with van der Waals surface area (Å²) in [5.74, 6) is 5.38. The van der Waals surface area contributed by atoms with Gasteiger partial charge in [0.05, 0.1) is 0 Å². The van der Waals surface area contributed by atoms with Gasteiger partial charge in [-0.1, -0.05) is 41.5 Å². The second-order valence-electron chi connectivity index (χ2n) is 14.0. The molecule has 0 aromatic carbocycles. The molecule has 0 aromatic heterocycles. The monoisotopic (exact) mass is 398 g/mol. The van der Waals surface area contributed by atoms with Crippen LogP contribution in [-0.2, 0) is 4.79 Å². The predicted molar refractivity (Wildman–Crippen MR) is 121 cm³/mol. The maximum atomic E-state index is 12.6. The summed E-state index contributed by atoms with van der Waals surface area (Å²) in [5, 5.41) is 0. The molecule has 9 atom stereocenters. The van der Waals surface area contributed by atoms with Gasteiger partial charge in [0.1, 0.15) is 5.78 Å². The molecule has 0 N–H and O–H groups in total. The molecule has 9 unspecified atom stereocenters. The lowest BCUT2D eigenvalue weighted by Gasteiger charge is -2.67. The number of carbonyl (C=O) groups is 1. The van der Waals surface area contributed by atoms with Gasteiger partial charge in [0, 0.05) is 12.3 Å². The first kappa shape index (κ1) is 20.6. The molecule has 0 spiro atoms. The topological polar surface area (TPSA) is 17.1 Å². The zero-order chi connectivity index (χ0) is 20.8. The Labute approximate surface area is 180 Å². The van der Waals surface area contributed by atoms with Crippen LogP contribution < -0.4 is 0 Å². The molecule has 0 bridgehead atoms. The quantitative estimate of drug-likeness (QED) is 0.409. The Kier molecular flexibility index (Phi) is 4.50. The minimum atomic E-state index is 0.287.